The molecule has 0 bridgehead atoms. The van der Waals surface area contributed by atoms with Crippen LogP contribution in [0.25, 0.3) is 10.9 Å². The van der Waals surface area contributed by atoms with Gasteiger partial charge in [0.15, 0.2) is 5.13 Å². The molecule has 2 aromatic heterocycles. The van der Waals surface area contributed by atoms with E-state index in [-0.39, 0.29) is 23.3 Å². The predicted octanol–water partition coefficient (Wildman–Crippen LogP) is 3.27. The Morgan fingerprint density at radius 1 is 1.26 bits per heavy atom. The molecule has 210 valence electrons. The number of carboxylic acid groups (broad SMARTS) is 1. The number of aromatic nitrogens is 2. The first-order valence-electron chi connectivity index (χ1n) is 12.3. The van der Waals surface area contributed by atoms with E-state index in [1.807, 2.05) is 45.9 Å². The number of oxime groups is 1. The second-order valence-electron chi connectivity index (χ2n) is 7.37. The molecule has 1 aliphatic heterocycles. The van der Waals surface area contributed by atoms with E-state index in [1.165, 1.54) is 5.38 Å². The molecule has 15 heteroatoms. The quantitative estimate of drug-likeness (QED) is 0.0701. The molecule has 4 rings (SSSR count). The molecule has 1 aromatic carbocycles. The maximum Gasteiger partial charge on any atom is 0.360 e. The number of nitrogen functional groups attached to an aromatic ring is 1. The molecule has 1 atom stereocenters. The average Bonchev–Trinajstić information content (AvgIpc) is 3.37. The van der Waals surface area contributed by atoms with Crippen molar-refractivity contribution in [3.05, 3.63) is 41.4 Å². The van der Waals surface area contributed by atoms with Crippen molar-refractivity contribution < 1.29 is 19.5 Å². The highest BCUT2D eigenvalue weighted by Crippen LogP contribution is 2.22. The van der Waals surface area contributed by atoms with Crippen LogP contribution in [0.15, 0.2) is 51.1 Å². The van der Waals surface area contributed by atoms with Crippen molar-refractivity contribution in [1.82, 2.24) is 15.3 Å². The third-order valence-electron chi connectivity index (χ3n) is 4.97. The summed E-state index contributed by atoms with van der Waals surface area (Å²) in [7, 11) is 0. The lowest BCUT2D eigenvalue weighted by atomic mass is 10.1. The smallest absolute Gasteiger partial charge is 0.360 e. The van der Waals surface area contributed by atoms with Gasteiger partial charge in [-0.05, 0) is 30.3 Å². The van der Waals surface area contributed by atoms with Gasteiger partial charge in [-0.15, -0.1) is 16.5 Å². The van der Waals surface area contributed by atoms with Gasteiger partial charge in [0, 0.05) is 23.9 Å². The summed E-state index contributed by atoms with van der Waals surface area (Å²) < 4.78 is 5.78. The number of amidine groups is 1. The van der Waals surface area contributed by atoms with Crippen molar-refractivity contribution >= 4 is 50.7 Å². The minimum absolute atomic E-state index is 0.0261. The lowest BCUT2D eigenvalue weighted by Gasteiger charge is -2.28. The average molecular weight is 559 g/mol. The van der Waals surface area contributed by atoms with Gasteiger partial charge in [0.1, 0.15) is 23.9 Å². The largest absolute Gasteiger partial charge is 0.489 e. The molecule has 14 nitrogen and oxygen atoms in total. The van der Waals surface area contributed by atoms with Crippen molar-refractivity contribution in [2.75, 3.05) is 30.7 Å². The highest BCUT2D eigenvalue weighted by molar-refractivity contribution is 7.13. The monoisotopic (exact) mass is 558 g/mol. The van der Waals surface area contributed by atoms with E-state index < -0.39 is 17.8 Å². The van der Waals surface area contributed by atoms with Crippen molar-refractivity contribution in [2.45, 2.75) is 39.8 Å². The lowest BCUT2D eigenvalue weighted by Crippen LogP contribution is -2.51. The van der Waals surface area contributed by atoms with Gasteiger partial charge in [-0.25, -0.2) is 20.3 Å². The molecule has 39 heavy (non-hydrogen) atoms. The Morgan fingerprint density at radius 2 is 2.00 bits per heavy atom. The number of aliphatic carboxylic acids is 1. The summed E-state index contributed by atoms with van der Waals surface area (Å²) in [6.07, 6.45) is -1.17. The first-order valence-corrected chi connectivity index (χ1v) is 13.2. The van der Waals surface area contributed by atoms with Crippen molar-refractivity contribution in [3.63, 3.8) is 0 Å². The van der Waals surface area contributed by atoms with Crippen LogP contribution in [0.4, 0.5) is 10.9 Å². The molecular formula is C24H34N10O4S. The number of hydrogen-bond donors (Lipinski definition) is 6. The summed E-state index contributed by atoms with van der Waals surface area (Å²) in [5, 5.41) is 28.7. The highest BCUT2D eigenvalue weighted by Gasteiger charge is 2.23. The summed E-state index contributed by atoms with van der Waals surface area (Å²) in [5.41, 5.74) is 13.2. The van der Waals surface area contributed by atoms with E-state index in [0.29, 0.717) is 11.8 Å². The van der Waals surface area contributed by atoms with Crippen LogP contribution in [0.3, 0.4) is 0 Å². The number of nitrogens with one attached hydrogen (secondary N) is 3. The van der Waals surface area contributed by atoms with Crippen LogP contribution in [0, 0.1) is 5.53 Å². The van der Waals surface area contributed by atoms with Crippen LogP contribution >= 0.6 is 11.3 Å². The van der Waals surface area contributed by atoms with Crippen LogP contribution in [0.2, 0.25) is 0 Å². The van der Waals surface area contributed by atoms with E-state index in [4.69, 9.17) is 26.7 Å². The first-order chi connectivity index (χ1) is 19.0. The minimum atomic E-state index is -1.38. The van der Waals surface area contributed by atoms with Crippen LogP contribution in [0.5, 0.6) is 5.75 Å². The van der Waals surface area contributed by atoms with E-state index >= 15 is 0 Å². The zero-order valence-electron chi connectivity index (χ0n) is 22.2. The number of carboxylic acids is 1. The molecule has 0 radical (unpaired) electrons. The van der Waals surface area contributed by atoms with E-state index in [9.17, 15) is 9.90 Å². The Balaban J connectivity index is 0.00000127. The third kappa shape index (κ3) is 8.58. The number of anilines is 2. The molecule has 1 unspecified atom stereocenters. The van der Waals surface area contributed by atoms with Crippen LogP contribution < -0.4 is 26.9 Å². The number of nitrogens with zero attached hydrogens (tertiary/aromatic N) is 5. The number of ether oxygens (including phenoxy) is 1. The Kier molecular flexibility index (Phi) is 12.5. The number of rotatable bonds is 10. The van der Waals surface area contributed by atoms with Gasteiger partial charge in [0.05, 0.1) is 11.6 Å². The fourth-order valence-corrected chi connectivity index (χ4v) is 3.64. The minimum Gasteiger partial charge on any atom is -0.489 e. The van der Waals surface area contributed by atoms with E-state index in [1.54, 1.807) is 12.1 Å². The normalized spacial score (nSPS) is 14.1. The van der Waals surface area contributed by atoms with Gasteiger partial charge < -0.3 is 36.9 Å². The Labute approximate surface area is 230 Å². The number of pyridine rings is 1. The number of hydrogen-bond acceptors (Lipinski definition) is 13. The SMILES string of the molecule is CC.CC.N=N/C(=N\N)C(COc1ccc2nc(NC3CNC3)ccc2c1)O/N=C(\C(=O)O)c1csc(N)n1. The standard InChI is InChI=1S/C20H22N10O4S.2C2H6/c21-20-27-14(9-35-20)17(19(31)32)30-34-15(18(28-22)29-23)8-33-12-2-3-13-10(5-12)1-4-16(26-13)25-11-6-24-7-11;2*1-2/h1-5,9,11,15,22,24H,6-8,23H2,(H2,21,27)(H,25,26)(H,31,32);2*1-2H3/b28-22?,29-18-,30-17-;;. The number of thiazole rings is 1. The zero-order chi connectivity index (χ0) is 28.8. The molecule has 1 saturated heterocycles. The summed E-state index contributed by atoms with van der Waals surface area (Å²) >= 11 is 1.05. The van der Waals surface area contributed by atoms with Gasteiger partial charge in [0.25, 0.3) is 0 Å². The zero-order valence-corrected chi connectivity index (χ0v) is 23.0. The molecule has 1 aliphatic rings. The van der Waals surface area contributed by atoms with Gasteiger partial charge >= 0.3 is 5.97 Å². The van der Waals surface area contributed by atoms with Crippen LogP contribution in [-0.4, -0.2) is 64.4 Å². The van der Waals surface area contributed by atoms with E-state index in [0.717, 1.165) is 41.1 Å². The Morgan fingerprint density at radius 3 is 2.56 bits per heavy atom. The Bertz CT molecular complexity index is 1290. The van der Waals surface area contributed by atoms with Gasteiger partial charge in [-0.1, -0.05) is 32.9 Å². The molecular weight excluding hydrogens is 524 g/mol. The van der Waals surface area contributed by atoms with Crippen molar-refractivity contribution in [3.8, 4) is 5.75 Å². The number of hydrazone groups is 1. The van der Waals surface area contributed by atoms with Gasteiger partial charge in [0.2, 0.25) is 17.7 Å². The Hall–Kier alpha value is -4.37. The van der Waals surface area contributed by atoms with Gasteiger partial charge in [-0.2, -0.15) is 5.10 Å². The fraction of sp³-hybridized carbons (Fsp3) is 0.375. The predicted molar refractivity (Wildman–Crippen MR) is 153 cm³/mol. The number of carbonyl (C=O) groups is 1. The number of fused-ring (bicyclic) bond motifs is 1. The molecule has 1 fully saturated rings. The molecule has 0 aliphatic carbocycles. The summed E-state index contributed by atoms with van der Waals surface area (Å²) in [6, 6.07) is 9.51. The lowest BCUT2D eigenvalue weighted by molar-refractivity contribution is -0.129. The molecule has 3 heterocycles. The van der Waals surface area contributed by atoms with E-state index in [2.05, 4.69) is 36.0 Å². The summed E-state index contributed by atoms with van der Waals surface area (Å²) in [4.78, 5) is 25.4. The number of benzene rings is 1. The molecule has 0 amide bonds. The van der Waals surface area contributed by atoms with Crippen molar-refractivity contribution in [2.24, 2.45) is 21.2 Å². The molecule has 0 spiro atoms. The van der Waals surface area contributed by atoms with Crippen molar-refractivity contribution in [1.29, 1.82) is 5.53 Å². The maximum atomic E-state index is 11.6. The molecule has 8 N–H and O–H groups in total. The van der Waals surface area contributed by atoms with Crippen LogP contribution in [-0.2, 0) is 9.63 Å². The molecule has 3 aromatic rings. The van der Waals surface area contributed by atoms with Gasteiger partial charge in [-0.3, -0.25) is 0 Å². The second kappa shape index (κ2) is 15.8. The fourth-order valence-electron chi connectivity index (χ4n) is 3.09. The third-order valence-corrected chi connectivity index (χ3v) is 5.64. The number of nitrogens with two attached hydrogens (primary N) is 2. The summed E-state index contributed by atoms with van der Waals surface area (Å²) in [5.74, 6) is 4.94. The topological polar surface area (TPSA) is 219 Å². The maximum absolute atomic E-state index is 11.6. The highest BCUT2D eigenvalue weighted by atomic mass is 32.1. The summed E-state index contributed by atoms with van der Waals surface area (Å²) in [6.45, 7) is 9.61. The first kappa shape index (κ1) is 30.9. The molecule has 0 saturated carbocycles. The van der Waals surface area contributed by atoms with Crippen LogP contribution in [0.1, 0.15) is 33.4 Å². The second-order valence-corrected chi connectivity index (χ2v) is 8.26.